The minimum atomic E-state index is -0.489. The van der Waals surface area contributed by atoms with Crippen molar-refractivity contribution in [1.29, 1.82) is 0 Å². The van der Waals surface area contributed by atoms with Gasteiger partial charge < -0.3 is 24.0 Å². The first kappa shape index (κ1) is 29.1. The van der Waals surface area contributed by atoms with E-state index < -0.39 is 5.60 Å². The Kier molecular flexibility index (Phi) is 9.58. The molecule has 1 unspecified atom stereocenters. The highest BCUT2D eigenvalue weighted by Gasteiger charge is 2.37. The van der Waals surface area contributed by atoms with Crippen molar-refractivity contribution in [3.05, 3.63) is 23.5 Å². The molecular formula is C30H50N4O4. The molecule has 0 N–H and O–H groups in total. The van der Waals surface area contributed by atoms with Crippen LogP contribution in [0.15, 0.2) is 12.3 Å². The predicted octanol–water partition coefficient (Wildman–Crippen LogP) is 6.02. The predicted molar refractivity (Wildman–Crippen MR) is 150 cm³/mol. The Hall–Kier alpha value is -1.90. The standard InChI is InChI=1S/C30H50N4O4/c1-29(2,3)38-28(35)33(5)19-18-32(4)21-24-22-34(26-9-7-8-20-37-26)31-27(24)23-10-14-30(15-11-23)16-12-25(36-6)13-17-30/h10,22,25-26H,7-9,11-21H2,1-6H3. The summed E-state index contributed by atoms with van der Waals surface area (Å²) in [5, 5.41) is 5.13. The summed E-state index contributed by atoms with van der Waals surface area (Å²) < 4.78 is 19.3. The van der Waals surface area contributed by atoms with E-state index in [9.17, 15) is 4.79 Å². The normalized spacial score (nSPS) is 26.4. The van der Waals surface area contributed by atoms with Crippen molar-refractivity contribution in [2.24, 2.45) is 5.41 Å². The molecule has 214 valence electrons. The van der Waals surface area contributed by atoms with Gasteiger partial charge in [-0.1, -0.05) is 6.08 Å². The molecule has 1 spiro atoms. The lowest BCUT2D eigenvalue weighted by Crippen LogP contribution is -2.38. The Bertz CT molecular complexity index is 952. The number of likely N-dealkylation sites (N-methyl/N-ethyl adjacent to an activating group) is 2. The molecule has 8 nitrogen and oxygen atoms in total. The van der Waals surface area contributed by atoms with Crippen molar-refractivity contribution in [3.63, 3.8) is 0 Å². The number of carbonyl (C=O) groups excluding carboxylic acids is 1. The average molecular weight is 531 g/mol. The third-order valence-corrected chi connectivity index (χ3v) is 8.56. The molecule has 1 aliphatic heterocycles. The van der Waals surface area contributed by atoms with Crippen molar-refractivity contribution in [2.75, 3.05) is 40.9 Å². The fourth-order valence-corrected chi connectivity index (χ4v) is 6.07. The van der Waals surface area contributed by atoms with Gasteiger partial charge in [-0.25, -0.2) is 9.48 Å². The van der Waals surface area contributed by atoms with E-state index in [-0.39, 0.29) is 12.3 Å². The fraction of sp³-hybridized carbons (Fsp3) is 0.800. The van der Waals surface area contributed by atoms with Crippen molar-refractivity contribution < 1.29 is 19.0 Å². The van der Waals surface area contributed by atoms with Gasteiger partial charge in [0.2, 0.25) is 0 Å². The number of rotatable bonds is 8. The first-order valence-electron chi connectivity index (χ1n) is 14.6. The first-order valence-corrected chi connectivity index (χ1v) is 14.6. The fourth-order valence-electron chi connectivity index (χ4n) is 6.07. The van der Waals surface area contributed by atoms with Crippen LogP contribution < -0.4 is 0 Å². The topological polar surface area (TPSA) is 69.1 Å². The van der Waals surface area contributed by atoms with E-state index in [1.807, 2.05) is 27.9 Å². The number of hydrogen-bond donors (Lipinski definition) is 0. The lowest BCUT2D eigenvalue weighted by molar-refractivity contribution is -0.0396. The van der Waals surface area contributed by atoms with Gasteiger partial charge in [0.1, 0.15) is 11.8 Å². The van der Waals surface area contributed by atoms with Crippen LogP contribution in [0.2, 0.25) is 0 Å². The molecule has 1 amide bonds. The summed E-state index contributed by atoms with van der Waals surface area (Å²) in [4.78, 5) is 16.3. The zero-order valence-electron chi connectivity index (χ0n) is 24.6. The van der Waals surface area contributed by atoms with Crippen molar-refractivity contribution in [3.8, 4) is 0 Å². The van der Waals surface area contributed by atoms with Gasteiger partial charge in [-0.2, -0.15) is 5.10 Å². The largest absolute Gasteiger partial charge is 0.444 e. The number of allylic oxidation sites excluding steroid dienone is 2. The number of ether oxygens (including phenoxy) is 3. The summed E-state index contributed by atoms with van der Waals surface area (Å²) in [5.41, 5.74) is 3.71. The lowest BCUT2D eigenvalue weighted by Gasteiger charge is -2.42. The van der Waals surface area contributed by atoms with E-state index >= 15 is 0 Å². The smallest absolute Gasteiger partial charge is 0.410 e. The zero-order chi connectivity index (χ0) is 27.3. The van der Waals surface area contributed by atoms with Crippen LogP contribution in [0.3, 0.4) is 0 Å². The number of amides is 1. The van der Waals surface area contributed by atoms with Crippen LogP contribution in [0.5, 0.6) is 0 Å². The van der Waals surface area contributed by atoms with Gasteiger partial charge in [0.05, 0.1) is 11.8 Å². The number of nitrogens with zero attached hydrogens (tertiary/aromatic N) is 4. The Morgan fingerprint density at radius 2 is 1.92 bits per heavy atom. The Morgan fingerprint density at radius 3 is 2.53 bits per heavy atom. The molecule has 3 aliphatic rings. The maximum Gasteiger partial charge on any atom is 0.410 e. The summed E-state index contributed by atoms with van der Waals surface area (Å²) >= 11 is 0. The van der Waals surface area contributed by atoms with Gasteiger partial charge >= 0.3 is 6.09 Å². The summed E-state index contributed by atoms with van der Waals surface area (Å²) in [6, 6.07) is 0. The van der Waals surface area contributed by atoms with Gasteiger partial charge in [-0.3, -0.25) is 0 Å². The summed E-state index contributed by atoms with van der Waals surface area (Å²) in [6.07, 6.45) is 16.5. The number of aromatic nitrogens is 2. The third kappa shape index (κ3) is 7.60. The van der Waals surface area contributed by atoms with Crippen LogP contribution in [0.4, 0.5) is 4.79 Å². The Morgan fingerprint density at radius 1 is 1.16 bits per heavy atom. The second-order valence-electron chi connectivity index (χ2n) is 12.8. The SMILES string of the molecule is COC1CCC2(CC=C(c3nn(C4CCCCO4)cc3CN(C)CCN(C)C(=O)OC(C)(C)C)CC2)CC1. The zero-order valence-corrected chi connectivity index (χ0v) is 24.6. The van der Waals surface area contributed by atoms with Crippen LogP contribution in [-0.2, 0) is 20.8 Å². The molecule has 0 aromatic carbocycles. The van der Waals surface area contributed by atoms with Gasteiger partial charge in [-0.15, -0.1) is 0 Å². The third-order valence-electron chi connectivity index (χ3n) is 8.56. The highest BCUT2D eigenvalue weighted by molar-refractivity contribution is 5.67. The van der Waals surface area contributed by atoms with Gasteiger partial charge in [-0.05, 0) is 103 Å². The van der Waals surface area contributed by atoms with Crippen molar-refractivity contribution in [1.82, 2.24) is 19.6 Å². The summed E-state index contributed by atoms with van der Waals surface area (Å²) in [7, 11) is 5.76. The molecule has 1 aromatic heterocycles. The van der Waals surface area contributed by atoms with Gasteiger partial charge in [0.25, 0.3) is 0 Å². The van der Waals surface area contributed by atoms with Crippen LogP contribution in [0.1, 0.15) is 102 Å². The van der Waals surface area contributed by atoms with Gasteiger partial charge in [0, 0.05) is 52.2 Å². The molecule has 1 saturated heterocycles. The Balaban J connectivity index is 1.44. The second-order valence-corrected chi connectivity index (χ2v) is 12.8. The minimum absolute atomic E-state index is 0.0275. The molecule has 2 heterocycles. The number of methoxy groups -OCH3 is 1. The van der Waals surface area contributed by atoms with E-state index in [0.29, 0.717) is 18.1 Å². The molecule has 2 aliphatic carbocycles. The lowest BCUT2D eigenvalue weighted by atomic mass is 9.65. The molecular weight excluding hydrogens is 480 g/mol. The van der Waals surface area contributed by atoms with E-state index in [0.717, 1.165) is 51.1 Å². The van der Waals surface area contributed by atoms with Crippen molar-refractivity contribution in [2.45, 2.75) is 109 Å². The molecule has 0 radical (unpaired) electrons. The Labute approximate surface area is 229 Å². The molecule has 4 rings (SSSR count). The van der Waals surface area contributed by atoms with Gasteiger partial charge in [0.15, 0.2) is 0 Å². The number of carbonyl (C=O) groups is 1. The number of hydrogen-bond acceptors (Lipinski definition) is 6. The van der Waals surface area contributed by atoms with Crippen molar-refractivity contribution >= 4 is 11.7 Å². The van der Waals surface area contributed by atoms with E-state index in [1.54, 1.807) is 11.9 Å². The maximum absolute atomic E-state index is 12.4. The van der Waals surface area contributed by atoms with E-state index in [2.05, 4.69) is 28.9 Å². The van der Waals surface area contributed by atoms with Crippen LogP contribution in [0, 0.1) is 5.41 Å². The molecule has 1 aromatic rings. The van der Waals surface area contributed by atoms with Crippen LogP contribution in [-0.4, -0.2) is 78.3 Å². The van der Waals surface area contributed by atoms with E-state index in [1.165, 1.54) is 49.7 Å². The second kappa shape index (κ2) is 12.5. The molecule has 1 atom stereocenters. The first-order chi connectivity index (χ1) is 18.1. The molecule has 1 saturated carbocycles. The summed E-state index contributed by atoms with van der Waals surface area (Å²) in [6.45, 7) is 8.63. The molecule has 8 heteroatoms. The van der Waals surface area contributed by atoms with Crippen LogP contribution in [0.25, 0.3) is 5.57 Å². The highest BCUT2D eigenvalue weighted by Crippen LogP contribution is 2.49. The maximum atomic E-state index is 12.4. The molecule has 38 heavy (non-hydrogen) atoms. The minimum Gasteiger partial charge on any atom is -0.444 e. The quantitative estimate of drug-likeness (QED) is 0.409. The summed E-state index contributed by atoms with van der Waals surface area (Å²) in [5.74, 6) is 0. The van der Waals surface area contributed by atoms with Crippen LogP contribution >= 0.6 is 0 Å². The molecule has 0 bridgehead atoms. The average Bonchev–Trinajstić information content (AvgIpc) is 3.31. The highest BCUT2D eigenvalue weighted by atomic mass is 16.6. The van der Waals surface area contributed by atoms with E-state index in [4.69, 9.17) is 19.3 Å². The monoisotopic (exact) mass is 530 g/mol. The molecule has 2 fully saturated rings.